The topological polar surface area (TPSA) is 231 Å². The van der Waals surface area contributed by atoms with Gasteiger partial charge < -0.3 is 49.1 Å². The van der Waals surface area contributed by atoms with E-state index in [9.17, 15) is 39.3 Å². The van der Waals surface area contributed by atoms with Crippen LogP contribution < -0.4 is 5.32 Å². The summed E-state index contributed by atoms with van der Waals surface area (Å²) in [5.74, 6) is -6.31. The molecule has 326 valence electrons. The van der Waals surface area contributed by atoms with E-state index in [1.54, 1.807) is 52.8 Å². The van der Waals surface area contributed by atoms with Crippen LogP contribution in [0.1, 0.15) is 106 Å². The number of hydrogen-bond donors (Lipinski definition) is 4. The number of amides is 1. The van der Waals surface area contributed by atoms with E-state index < -0.39 is 118 Å². The van der Waals surface area contributed by atoms with Crippen molar-refractivity contribution < 1.29 is 72.5 Å². The average molecular weight is 830 g/mol. The molecule has 1 aromatic rings. The maximum atomic E-state index is 15.4. The molecule has 0 spiro atoms. The lowest BCUT2D eigenvalue weighted by atomic mass is 9.44. The summed E-state index contributed by atoms with van der Waals surface area (Å²) in [6, 6.07) is 6.66. The Bertz CT molecular complexity index is 1870. The number of ether oxygens (including phenoxy) is 6. The normalized spacial score (nSPS) is 33.4. The Morgan fingerprint density at radius 1 is 0.983 bits per heavy atom. The third kappa shape index (κ3) is 8.25. The largest absolute Gasteiger partial charge is 0.456 e. The van der Waals surface area contributed by atoms with Crippen LogP contribution in [0.25, 0.3) is 0 Å². The molecule has 1 aliphatic heterocycles. The lowest BCUT2D eigenvalue weighted by Crippen LogP contribution is -2.82. The number of fused-ring (bicyclic) bond motifs is 5. The minimum Gasteiger partial charge on any atom is -0.456 e. The van der Waals surface area contributed by atoms with Gasteiger partial charge in [-0.1, -0.05) is 45.9 Å². The number of Topliss-reactive ketones (excluding diaryl/α,β-unsaturated/α-hetero) is 1. The van der Waals surface area contributed by atoms with Crippen LogP contribution in [-0.2, 0) is 47.6 Å². The van der Waals surface area contributed by atoms with Gasteiger partial charge in [-0.2, -0.15) is 0 Å². The van der Waals surface area contributed by atoms with Crippen molar-refractivity contribution in [1.29, 1.82) is 0 Å². The second-order valence-corrected chi connectivity index (χ2v) is 18.5. The summed E-state index contributed by atoms with van der Waals surface area (Å²) in [6.07, 6.45) is -11.1. The molecule has 1 heterocycles. The van der Waals surface area contributed by atoms with Crippen LogP contribution in [0.5, 0.6) is 0 Å². The van der Waals surface area contributed by atoms with E-state index in [1.165, 1.54) is 26.0 Å². The van der Waals surface area contributed by atoms with Gasteiger partial charge >= 0.3 is 30.0 Å². The van der Waals surface area contributed by atoms with Crippen LogP contribution in [0.2, 0.25) is 0 Å². The Morgan fingerprint density at radius 3 is 2.14 bits per heavy atom. The van der Waals surface area contributed by atoms with Gasteiger partial charge in [0.05, 0.1) is 35.6 Å². The highest BCUT2D eigenvalue weighted by Gasteiger charge is 2.78. The van der Waals surface area contributed by atoms with Crippen LogP contribution in [0.3, 0.4) is 0 Å². The molecular weight excluding hydrogens is 770 g/mol. The van der Waals surface area contributed by atoms with Crippen molar-refractivity contribution >= 4 is 35.8 Å². The summed E-state index contributed by atoms with van der Waals surface area (Å²) >= 11 is 0. The fourth-order valence-electron chi connectivity index (χ4n) is 9.63. The summed E-state index contributed by atoms with van der Waals surface area (Å²) in [7, 11) is 0. The summed E-state index contributed by atoms with van der Waals surface area (Å²) < 4.78 is 35.5. The lowest BCUT2D eigenvalue weighted by molar-refractivity contribution is -0.346. The van der Waals surface area contributed by atoms with Crippen molar-refractivity contribution in [3.05, 3.63) is 47.0 Å². The van der Waals surface area contributed by atoms with E-state index in [0.29, 0.717) is 0 Å². The molecule has 4 aliphatic rings. The summed E-state index contributed by atoms with van der Waals surface area (Å²) in [5.41, 5.74) is -8.45. The first-order valence-corrected chi connectivity index (χ1v) is 20.0. The van der Waals surface area contributed by atoms with Crippen LogP contribution in [0.15, 0.2) is 41.5 Å². The number of esters is 4. The highest BCUT2D eigenvalue weighted by atomic mass is 16.6. The first kappa shape index (κ1) is 45.7. The van der Waals surface area contributed by atoms with Crippen molar-refractivity contribution in [2.75, 3.05) is 6.61 Å². The number of carbonyl (C=O) groups excluding carboxylic acids is 6. The molecule has 1 amide bonds. The molecule has 2 bridgehead atoms. The van der Waals surface area contributed by atoms with Crippen LogP contribution in [0, 0.1) is 22.7 Å². The Balaban J connectivity index is 1.72. The minimum atomic E-state index is -2.37. The van der Waals surface area contributed by atoms with E-state index in [-0.39, 0.29) is 42.1 Å². The van der Waals surface area contributed by atoms with Crippen molar-refractivity contribution in [3.63, 3.8) is 0 Å². The van der Waals surface area contributed by atoms with Crippen molar-refractivity contribution in [2.45, 2.75) is 155 Å². The van der Waals surface area contributed by atoms with E-state index in [1.807, 2.05) is 13.8 Å². The van der Waals surface area contributed by atoms with Gasteiger partial charge in [0.15, 0.2) is 23.6 Å². The smallest absolute Gasteiger partial charge is 0.407 e. The lowest BCUT2D eigenvalue weighted by Gasteiger charge is -2.67. The molecule has 11 atom stereocenters. The number of aliphatic hydroxyl groups excluding tert-OH is 2. The molecule has 1 aromatic carbocycles. The third-order valence-corrected chi connectivity index (χ3v) is 12.5. The van der Waals surface area contributed by atoms with E-state index >= 15 is 4.79 Å². The van der Waals surface area contributed by atoms with E-state index in [2.05, 4.69) is 5.32 Å². The Kier molecular flexibility index (Phi) is 12.6. The molecule has 16 heteroatoms. The SMILES string of the molecule is CC(=O)O[C@H]1C(=O)[C@]2(C)[C@@H](O)CC3OC[C@@]3(OC(C)=O)[C@H]2[C@H](OC(=O)c2ccccc2)[C@]2(O)C[C@H](OC(=O)[C@H](O)[C@H](CC(C)C)NC(=O)OC(C)(C)C)C(C)=C1C2(C)C. The molecule has 1 unspecified atom stereocenters. The van der Waals surface area contributed by atoms with Gasteiger partial charge in [-0.15, -0.1) is 0 Å². The molecule has 0 aromatic heterocycles. The highest BCUT2D eigenvalue weighted by molar-refractivity contribution is 5.95. The number of aliphatic hydroxyl groups is 3. The molecule has 2 saturated carbocycles. The number of carbonyl (C=O) groups is 6. The van der Waals surface area contributed by atoms with Crippen LogP contribution in [-0.4, -0.2) is 117 Å². The quantitative estimate of drug-likeness (QED) is 0.150. The average Bonchev–Trinajstić information content (AvgIpc) is 3.11. The van der Waals surface area contributed by atoms with E-state index in [4.69, 9.17) is 28.4 Å². The predicted octanol–water partition coefficient (Wildman–Crippen LogP) is 3.50. The van der Waals surface area contributed by atoms with Gasteiger partial charge in [0.2, 0.25) is 0 Å². The maximum absolute atomic E-state index is 15.4. The second kappa shape index (κ2) is 16.2. The molecule has 59 heavy (non-hydrogen) atoms. The first-order valence-electron chi connectivity index (χ1n) is 20.0. The zero-order valence-corrected chi connectivity index (χ0v) is 35.7. The number of rotatable bonds is 10. The zero-order valence-electron chi connectivity index (χ0n) is 35.7. The summed E-state index contributed by atoms with van der Waals surface area (Å²) in [4.78, 5) is 82.3. The van der Waals surface area contributed by atoms with Gasteiger partial charge in [0.25, 0.3) is 0 Å². The monoisotopic (exact) mass is 829 g/mol. The number of nitrogens with one attached hydrogen (secondary N) is 1. The minimum absolute atomic E-state index is 0.00510. The molecule has 1 saturated heterocycles. The van der Waals surface area contributed by atoms with Crippen LogP contribution in [0.4, 0.5) is 4.79 Å². The number of alkyl carbamates (subject to hydrolysis) is 1. The number of hydrogen-bond acceptors (Lipinski definition) is 15. The van der Waals surface area contributed by atoms with Crippen molar-refractivity contribution in [1.82, 2.24) is 5.32 Å². The molecule has 5 rings (SSSR count). The number of benzene rings is 1. The van der Waals surface area contributed by atoms with Crippen molar-refractivity contribution in [2.24, 2.45) is 22.7 Å². The summed E-state index contributed by atoms with van der Waals surface area (Å²) in [5, 5.41) is 39.6. The second-order valence-electron chi connectivity index (χ2n) is 18.5. The van der Waals surface area contributed by atoms with E-state index in [0.717, 1.165) is 13.8 Å². The number of ketones is 1. The molecule has 4 N–H and O–H groups in total. The molecule has 3 fully saturated rings. The van der Waals surface area contributed by atoms with Gasteiger partial charge in [-0.3, -0.25) is 14.4 Å². The molecule has 3 aliphatic carbocycles. The van der Waals surface area contributed by atoms with Crippen molar-refractivity contribution in [3.8, 4) is 0 Å². The highest BCUT2D eigenvalue weighted by Crippen LogP contribution is 2.64. The summed E-state index contributed by atoms with van der Waals surface area (Å²) in [6.45, 7) is 16.6. The molecule has 16 nitrogen and oxygen atoms in total. The Hall–Kier alpha value is -4.38. The molecular formula is C43H59NO15. The fraction of sp³-hybridized carbons (Fsp3) is 0.674. The van der Waals surface area contributed by atoms with Gasteiger partial charge in [0.1, 0.15) is 29.5 Å². The predicted molar refractivity (Wildman–Crippen MR) is 207 cm³/mol. The van der Waals surface area contributed by atoms with Gasteiger partial charge in [0, 0.05) is 32.1 Å². The third-order valence-electron chi connectivity index (χ3n) is 12.5. The standard InChI is InChI=1S/C43H59NO15/c1-21(2)17-26(44-38(52)59-39(6,7)8)31(48)37(51)56-27-19-43(53)35(57-36(50)25-15-13-12-14-16-25)33-41(11,28(47)18-29-42(33,20-54-29)58-24(5)46)34(49)32(55-23(4)45)30(22(27)3)40(43,9)10/h12-16,21,26-29,31-33,35,47-48,53H,17-20H2,1-11H3,(H,44,52)/t26-,27-,28-,29?,31+,32+,33-,35-,41+,42-,43+/m0/s1. The van der Waals surface area contributed by atoms with Gasteiger partial charge in [-0.05, 0) is 70.2 Å². The first-order chi connectivity index (χ1) is 27.2. The zero-order chi connectivity index (χ0) is 44.2. The Morgan fingerprint density at radius 2 is 1.61 bits per heavy atom. The van der Waals surface area contributed by atoms with Crippen LogP contribution >= 0.6 is 0 Å². The molecule has 0 radical (unpaired) electrons. The maximum Gasteiger partial charge on any atom is 0.407 e. The Labute approximate surface area is 344 Å². The van der Waals surface area contributed by atoms with Gasteiger partial charge in [-0.25, -0.2) is 14.4 Å². The fourth-order valence-corrected chi connectivity index (χ4v) is 9.63.